The van der Waals surface area contributed by atoms with Gasteiger partial charge in [-0.3, -0.25) is 4.79 Å². The molecule has 2 aromatic rings. The maximum absolute atomic E-state index is 12.4. The largest absolute Gasteiger partial charge is 0.506 e. The summed E-state index contributed by atoms with van der Waals surface area (Å²) in [7, 11) is 0. The molecule has 0 radical (unpaired) electrons. The summed E-state index contributed by atoms with van der Waals surface area (Å²) in [5, 5.41) is 20.5. The van der Waals surface area contributed by atoms with Gasteiger partial charge in [-0.05, 0) is 25.1 Å². The number of Topliss-reactive ketones (excluding diaryl/α,β-unsaturated/α-hetero) is 1. The molecule has 110 valence electrons. The highest BCUT2D eigenvalue weighted by Gasteiger charge is 2.30. The standard InChI is InChI=1S/C17H12ClNO3/c1-9(19-13-8-10(18)6-7-14(13)20)15-16(21)11-4-2-3-5-12(11)17(15)22/h2-8,20-21H,1H3. The number of phenolic OH excluding ortho intramolecular Hbond substituents is 1. The molecule has 0 unspecified atom stereocenters. The van der Waals surface area contributed by atoms with Gasteiger partial charge >= 0.3 is 0 Å². The molecule has 0 heterocycles. The predicted molar refractivity (Wildman–Crippen MR) is 86.2 cm³/mol. The second-order valence-electron chi connectivity index (χ2n) is 4.93. The molecule has 2 aromatic carbocycles. The first kappa shape index (κ1) is 14.4. The average Bonchev–Trinajstić information content (AvgIpc) is 2.75. The minimum atomic E-state index is -0.282. The molecule has 0 bridgehead atoms. The second-order valence-corrected chi connectivity index (χ2v) is 5.37. The van der Waals surface area contributed by atoms with E-state index in [1.54, 1.807) is 37.3 Å². The molecule has 3 rings (SSSR count). The van der Waals surface area contributed by atoms with Gasteiger partial charge in [0.25, 0.3) is 0 Å². The number of hydrogen-bond acceptors (Lipinski definition) is 4. The van der Waals surface area contributed by atoms with Crippen LogP contribution in [0.3, 0.4) is 0 Å². The van der Waals surface area contributed by atoms with Crippen molar-refractivity contribution in [2.24, 2.45) is 4.99 Å². The number of benzene rings is 2. The van der Waals surface area contributed by atoms with Gasteiger partial charge in [0.05, 0.1) is 11.3 Å². The van der Waals surface area contributed by atoms with Crippen LogP contribution in [0.5, 0.6) is 5.75 Å². The van der Waals surface area contributed by atoms with Crippen molar-refractivity contribution < 1.29 is 15.0 Å². The average molecular weight is 314 g/mol. The normalized spacial score (nSPS) is 14.5. The molecule has 2 N–H and O–H groups in total. The Morgan fingerprint density at radius 1 is 1.09 bits per heavy atom. The molecule has 1 aliphatic carbocycles. The van der Waals surface area contributed by atoms with Crippen molar-refractivity contribution in [2.75, 3.05) is 0 Å². The van der Waals surface area contributed by atoms with Gasteiger partial charge in [0.2, 0.25) is 0 Å². The number of aliphatic hydroxyl groups excluding tert-OH is 1. The van der Waals surface area contributed by atoms with E-state index in [4.69, 9.17) is 11.6 Å². The van der Waals surface area contributed by atoms with Crippen molar-refractivity contribution in [3.63, 3.8) is 0 Å². The maximum Gasteiger partial charge on any atom is 0.199 e. The Balaban J connectivity index is 2.09. The number of rotatable bonds is 2. The summed E-state index contributed by atoms with van der Waals surface area (Å²) in [6.07, 6.45) is 0. The van der Waals surface area contributed by atoms with Crippen molar-refractivity contribution in [1.82, 2.24) is 0 Å². The minimum absolute atomic E-state index is 0.0493. The van der Waals surface area contributed by atoms with Gasteiger partial charge < -0.3 is 10.2 Å². The van der Waals surface area contributed by atoms with Gasteiger partial charge in [-0.1, -0.05) is 35.9 Å². The zero-order valence-electron chi connectivity index (χ0n) is 11.7. The highest BCUT2D eigenvalue weighted by molar-refractivity contribution is 6.35. The van der Waals surface area contributed by atoms with E-state index in [9.17, 15) is 15.0 Å². The number of carbonyl (C=O) groups excluding carboxylic acids is 1. The van der Waals surface area contributed by atoms with Crippen molar-refractivity contribution >= 4 is 34.5 Å². The number of carbonyl (C=O) groups is 1. The quantitative estimate of drug-likeness (QED) is 0.812. The zero-order valence-corrected chi connectivity index (χ0v) is 12.4. The molecule has 0 aliphatic heterocycles. The Hall–Kier alpha value is -2.59. The summed E-state index contributed by atoms with van der Waals surface area (Å²) < 4.78 is 0. The molecule has 0 saturated carbocycles. The Morgan fingerprint density at radius 3 is 2.45 bits per heavy atom. The molecule has 0 fully saturated rings. The SMILES string of the molecule is CC(=Nc1cc(Cl)ccc1O)C1=C(O)c2ccccc2C1=O. The van der Waals surface area contributed by atoms with Crippen LogP contribution in [0.25, 0.3) is 5.76 Å². The molecule has 0 atom stereocenters. The molecule has 0 amide bonds. The molecule has 0 aromatic heterocycles. The van der Waals surface area contributed by atoms with E-state index < -0.39 is 0 Å². The van der Waals surface area contributed by atoms with Gasteiger partial charge in [0, 0.05) is 16.1 Å². The predicted octanol–water partition coefficient (Wildman–Crippen LogP) is 4.30. The monoisotopic (exact) mass is 313 g/mol. The fraction of sp³-hybridized carbons (Fsp3) is 0.0588. The van der Waals surface area contributed by atoms with Crippen LogP contribution in [0.4, 0.5) is 5.69 Å². The van der Waals surface area contributed by atoms with Crippen LogP contribution < -0.4 is 0 Å². The number of nitrogens with zero attached hydrogens (tertiary/aromatic N) is 1. The van der Waals surface area contributed by atoms with Gasteiger partial charge in [-0.25, -0.2) is 4.99 Å². The number of fused-ring (bicyclic) bond motifs is 1. The second kappa shape index (κ2) is 5.31. The number of allylic oxidation sites excluding steroid dienone is 1. The summed E-state index contributed by atoms with van der Waals surface area (Å²) in [6, 6.07) is 11.3. The number of halogens is 1. The Kier molecular flexibility index (Phi) is 3.47. The van der Waals surface area contributed by atoms with Crippen LogP contribution in [0.1, 0.15) is 22.8 Å². The third-order valence-electron chi connectivity index (χ3n) is 3.48. The van der Waals surface area contributed by atoms with Crippen LogP contribution in [0.15, 0.2) is 53.0 Å². The van der Waals surface area contributed by atoms with Gasteiger partial charge in [0.1, 0.15) is 17.2 Å². The lowest BCUT2D eigenvalue weighted by atomic mass is 10.1. The Morgan fingerprint density at radius 2 is 1.77 bits per heavy atom. The third-order valence-corrected chi connectivity index (χ3v) is 3.71. The van der Waals surface area contributed by atoms with E-state index in [2.05, 4.69) is 4.99 Å². The van der Waals surface area contributed by atoms with Crippen molar-refractivity contribution in [2.45, 2.75) is 6.92 Å². The maximum atomic E-state index is 12.4. The van der Waals surface area contributed by atoms with Gasteiger partial charge in [-0.15, -0.1) is 0 Å². The number of ketones is 1. The highest BCUT2D eigenvalue weighted by Crippen LogP contribution is 2.34. The fourth-order valence-corrected chi connectivity index (χ4v) is 2.59. The van der Waals surface area contributed by atoms with E-state index in [0.29, 0.717) is 21.9 Å². The van der Waals surface area contributed by atoms with Crippen LogP contribution in [0, 0.1) is 0 Å². The summed E-state index contributed by atoms with van der Waals surface area (Å²) >= 11 is 5.88. The molecule has 4 nitrogen and oxygen atoms in total. The summed E-state index contributed by atoms with van der Waals surface area (Å²) in [6.45, 7) is 1.61. The number of aliphatic hydroxyl groups is 1. The number of aromatic hydroxyl groups is 1. The molecule has 0 spiro atoms. The fourth-order valence-electron chi connectivity index (χ4n) is 2.42. The summed E-state index contributed by atoms with van der Waals surface area (Å²) in [4.78, 5) is 16.6. The topological polar surface area (TPSA) is 69.9 Å². The number of phenols is 1. The zero-order chi connectivity index (χ0) is 15.9. The van der Waals surface area contributed by atoms with E-state index in [-0.39, 0.29) is 28.6 Å². The molecule has 5 heteroatoms. The van der Waals surface area contributed by atoms with Gasteiger partial charge in [-0.2, -0.15) is 0 Å². The number of aliphatic imine (C=N–C) groups is 1. The van der Waals surface area contributed by atoms with E-state index in [1.165, 1.54) is 12.1 Å². The first-order valence-corrected chi connectivity index (χ1v) is 6.98. The lowest BCUT2D eigenvalue weighted by Gasteiger charge is -2.04. The van der Waals surface area contributed by atoms with Crippen LogP contribution >= 0.6 is 11.6 Å². The lowest BCUT2D eigenvalue weighted by molar-refractivity contribution is 0.104. The molecular formula is C17H12ClNO3. The van der Waals surface area contributed by atoms with E-state index in [0.717, 1.165) is 0 Å². The first-order chi connectivity index (χ1) is 10.5. The number of hydrogen-bond donors (Lipinski definition) is 2. The van der Waals surface area contributed by atoms with Crippen LogP contribution in [0.2, 0.25) is 5.02 Å². The van der Waals surface area contributed by atoms with Crippen LogP contribution in [-0.4, -0.2) is 21.7 Å². The Bertz CT molecular complexity index is 853. The molecule has 22 heavy (non-hydrogen) atoms. The van der Waals surface area contributed by atoms with Crippen molar-refractivity contribution in [3.8, 4) is 5.75 Å². The van der Waals surface area contributed by atoms with E-state index >= 15 is 0 Å². The van der Waals surface area contributed by atoms with Gasteiger partial charge in [0.15, 0.2) is 5.78 Å². The molecular weight excluding hydrogens is 302 g/mol. The third kappa shape index (κ3) is 2.27. The summed E-state index contributed by atoms with van der Waals surface area (Å²) in [5.74, 6) is -0.425. The van der Waals surface area contributed by atoms with Crippen molar-refractivity contribution in [3.05, 3.63) is 64.2 Å². The molecule has 1 aliphatic rings. The minimum Gasteiger partial charge on any atom is -0.506 e. The Labute approximate surface area is 132 Å². The van der Waals surface area contributed by atoms with Crippen LogP contribution in [-0.2, 0) is 0 Å². The smallest absolute Gasteiger partial charge is 0.199 e. The first-order valence-electron chi connectivity index (χ1n) is 6.60. The van der Waals surface area contributed by atoms with Crippen molar-refractivity contribution in [1.29, 1.82) is 0 Å². The molecule has 0 saturated heterocycles. The highest BCUT2D eigenvalue weighted by atomic mass is 35.5. The lowest BCUT2D eigenvalue weighted by Crippen LogP contribution is -2.07. The summed E-state index contributed by atoms with van der Waals surface area (Å²) in [5.41, 5.74) is 1.64. The van der Waals surface area contributed by atoms with E-state index in [1.807, 2.05) is 0 Å².